The van der Waals surface area contributed by atoms with E-state index in [0.29, 0.717) is 19.6 Å². The second-order valence-electron chi connectivity index (χ2n) is 7.38. The lowest BCUT2D eigenvalue weighted by Gasteiger charge is -2.29. The molecule has 0 spiro atoms. The lowest BCUT2D eigenvalue weighted by molar-refractivity contribution is 0.00802. The molecule has 130 valence electrons. The molecule has 0 aliphatic carbocycles. The smallest absolute Gasteiger partial charge is 0.0782 e. The Hall–Kier alpha value is -1.16. The molecule has 1 rings (SSSR count). The van der Waals surface area contributed by atoms with Crippen molar-refractivity contribution in [2.24, 2.45) is 5.41 Å². The second kappa shape index (κ2) is 9.21. The van der Waals surface area contributed by atoms with Crippen LogP contribution >= 0.6 is 0 Å². The number of hydrogen-bond acceptors (Lipinski definition) is 3. The van der Waals surface area contributed by atoms with E-state index in [-0.39, 0.29) is 5.41 Å². The molecule has 0 aliphatic heterocycles. The summed E-state index contributed by atoms with van der Waals surface area (Å²) in [5, 5.41) is 20.0. The molecular formula is C20H32O3. The van der Waals surface area contributed by atoms with Gasteiger partial charge >= 0.3 is 0 Å². The molecule has 0 aliphatic rings. The van der Waals surface area contributed by atoms with Crippen LogP contribution in [0, 0.1) is 5.41 Å². The summed E-state index contributed by atoms with van der Waals surface area (Å²) in [6.45, 7) is 10.5. The van der Waals surface area contributed by atoms with E-state index < -0.39 is 11.7 Å². The highest BCUT2D eigenvalue weighted by Gasteiger charge is 2.25. The minimum Gasteiger partial charge on any atom is -0.391 e. The molecule has 0 saturated heterocycles. The highest BCUT2D eigenvalue weighted by molar-refractivity contribution is 5.13. The van der Waals surface area contributed by atoms with Gasteiger partial charge in [0.15, 0.2) is 0 Å². The fraction of sp³-hybridized carbons (Fsp3) is 0.600. The predicted octanol–water partition coefficient (Wildman–Crippen LogP) is 4.09. The first-order valence-electron chi connectivity index (χ1n) is 8.40. The molecule has 3 nitrogen and oxygen atoms in total. The maximum atomic E-state index is 10.2. The van der Waals surface area contributed by atoms with Crippen LogP contribution in [0.3, 0.4) is 0 Å². The minimum absolute atomic E-state index is 0.138. The number of aliphatic hydroxyl groups excluding tert-OH is 1. The van der Waals surface area contributed by atoms with Gasteiger partial charge in [0.1, 0.15) is 0 Å². The summed E-state index contributed by atoms with van der Waals surface area (Å²) < 4.78 is 5.61. The van der Waals surface area contributed by atoms with E-state index in [1.807, 2.05) is 50.3 Å². The van der Waals surface area contributed by atoms with Crippen molar-refractivity contribution in [3.8, 4) is 0 Å². The fourth-order valence-electron chi connectivity index (χ4n) is 2.70. The summed E-state index contributed by atoms with van der Waals surface area (Å²) in [5.74, 6) is 0. The summed E-state index contributed by atoms with van der Waals surface area (Å²) in [6.07, 6.45) is 4.58. The van der Waals surface area contributed by atoms with Gasteiger partial charge in [-0.15, -0.1) is 6.58 Å². The number of hydrogen-bond donors (Lipinski definition) is 2. The van der Waals surface area contributed by atoms with E-state index in [4.69, 9.17) is 4.74 Å². The monoisotopic (exact) mass is 320 g/mol. The highest BCUT2D eigenvalue weighted by Crippen LogP contribution is 2.32. The molecule has 23 heavy (non-hydrogen) atoms. The average molecular weight is 320 g/mol. The largest absolute Gasteiger partial charge is 0.391 e. The Morgan fingerprint density at radius 2 is 1.83 bits per heavy atom. The number of aliphatic hydroxyl groups is 2. The third kappa shape index (κ3) is 8.89. The van der Waals surface area contributed by atoms with Crippen LogP contribution in [0.2, 0.25) is 0 Å². The molecule has 2 unspecified atom stereocenters. The molecule has 2 N–H and O–H groups in total. The summed E-state index contributed by atoms with van der Waals surface area (Å²) in [4.78, 5) is 0. The van der Waals surface area contributed by atoms with E-state index in [0.717, 1.165) is 24.8 Å². The van der Waals surface area contributed by atoms with E-state index in [9.17, 15) is 10.2 Å². The molecule has 0 bridgehead atoms. The quantitative estimate of drug-likeness (QED) is 0.604. The van der Waals surface area contributed by atoms with Gasteiger partial charge in [0.2, 0.25) is 0 Å². The van der Waals surface area contributed by atoms with Crippen molar-refractivity contribution in [2.45, 2.75) is 64.8 Å². The molecule has 1 aromatic carbocycles. The highest BCUT2D eigenvalue weighted by atomic mass is 16.5. The van der Waals surface area contributed by atoms with Crippen LogP contribution in [0.1, 0.15) is 52.0 Å². The van der Waals surface area contributed by atoms with Gasteiger partial charge in [0.05, 0.1) is 24.9 Å². The Balaban J connectivity index is 2.33. The van der Waals surface area contributed by atoms with Crippen LogP contribution in [0.4, 0.5) is 0 Å². The molecule has 0 aromatic heterocycles. The first kappa shape index (κ1) is 19.9. The second-order valence-corrected chi connectivity index (χ2v) is 7.38. The van der Waals surface area contributed by atoms with Crippen LogP contribution in [-0.4, -0.2) is 28.5 Å². The Morgan fingerprint density at radius 1 is 1.17 bits per heavy atom. The zero-order valence-electron chi connectivity index (χ0n) is 14.8. The Labute approximate surface area is 141 Å². The van der Waals surface area contributed by atoms with Gasteiger partial charge in [-0.2, -0.15) is 0 Å². The first-order chi connectivity index (χ1) is 10.7. The SMILES string of the molecule is C=CC(C)(CCCC(C)(C)O)CC(O)COCc1ccccc1. The van der Waals surface area contributed by atoms with Gasteiger partial charge in [-0.1, -0.05) is 43.3 Å². The molecule has 2 atom stereocenters. The van der Waals surface area contributed by atoms with Crippen molar-refractivity contribution in [1.29, 1.82) is 0 Å². The molecule has 0 saturated carbocycles. The van der Waals surface area contributed by atoms with Crippen molar-refractivity contribution in [3.05, 3.63) is 48.6 Å². The van der Waals surface area contributed by atoms with Crippen molar-refractivity contribution < 1.29 is 14.9 Å². The molecule has 3 heteroatoms. The van der Waals surface area contributed by atoms with Crippen molar-refractivity contribution in [1.82, 2.24) is 0 Å². The number of ether oxygens (including phenoxy) is 1. The Kier molecular flexibility index (Phi) is 7.97. The maximum absolute atomic E-state index is 10.2. The standard InChI is InChI=1S/C20H32O3/c1-5-20(4,13-9-12-19(2,3)22)14-18(21)16-23-15-17-10-7-6-8-11-17/h5-8,10-11,18,21-22H,1,9,12-16H2,2-4H3. The normalized spacial score (nSPS) is 15.9. The van der Waals surface area contributed by atoms with Crippen LogP contribution in [0.5, 0.6) is 0 Å². The lowest BCUT2D eigenvalue weighted by atomic mass is 9.79. The van der Waals surface area contributed by atoms with Crippen molar-refractivity contribution in [2.75, 3.05) is 6.61 Å². The molecular weight excluding hydrogens is 288 g/mol. The van der Waals surface area contributed by atoms with E-state index in [1.54, 1.807) is 0 Å². The summed E-state index contributed by atoms with van der Waals surface area (Å²) in [7, 11) is 0. The Morgan fingerprint density at radius 3 is 2.39 bits per heavy atom. The zero-order valence-corrected chi connectivity index (χ0v) is 14.8. The summed E-state index contributed by atoms with van der Waals surface area (Å²) in [6, 6.07) is 9.95. The third-order valence-corrected chi connectivity index (χ3v) is 4.15. The molecule has 0 heterocycles. The van der Waals surface area contributed by atoms with Crippen molar-refractivity contribution in [3.63, 3.8) is 0 Å². The van der Waals surface area contributed by atoms with Gasteiger partial charge < -0.3 is 14.9 Å². The van der Waals surface area contributed by atoms with Crippen LogP contribution in [0.15, 0.2) is 43.0 Å². The topological polar surface area (TPSA) is 49.7 Å². The van der Waals surface area contributed by atoms with Gasteiger partial charge in [-0.05, 0) is 50.5 Å². The van der Waals surface area contributed by atoms with Crippen molar-refractivity contribution >= 4 is 0 Å². The lowest BCUT2D eigenvalue weighted by Crippen LogP contribution is -2.26. The van der Waals surface area contributed by atoms with Gasteiger partial charge in [0.25, 0.3) is 0 Å². The zero-order chi connectivity index (χ0) is 17.3. The molecule has 0 amide bonds. The summed E-state index contributed by atoms with van der Waals surface area (Å²) >= 11 is 0. The molecule has 0 radical (unpaired) electrons. The van der Waals surface area contributed by atoms with Gasteiger partial charge in [-0.25, -0.2) is 0 Å². The molecule has 0 fully saturated rings. The summed E-state index contributed by atoms with van der Waals surface area (Å²) in [5.41, 5.74) is 0.330. The first-order valence-corrected chi connectivity index (χ1v) is 8.40. The third-order valence-electron chi connectivity index (χ3n) is 4.15. The maximum Gasteiger partial charge on any atom is 0.0782 e. The average Bonchev–Trinajstić information content (AvgIpc) is 2.47. The Bertz CT molecular complexity index is 450. The number of allylic oxidation sites excluding steroid dienone is 1. The van der Waals surface area contributed by atoms with E-state index >= 15 is 0 Å². The minimum atomic E-state index is -0.639. The van der Waals surface area contributed by atoms with Crippen LogP contribution in [0.25, 0.3) is 0 Å². The number of rotatable bonds is 11. The van der Waals surface area contributed by atoms with Gasteiger partial charge in [0, 0.05) is 0 Å². The van der Waals surface area contributed by atoms with Crippen LogP contribution < -0.4 is 0 Å². The number of benzene rings is 1. The molecule has 1 aromatic rings. The predicted molar refractivity (Wildman–Crippen MR) is 95.2 cm³/mol. The van der Waals surface area contributed by atoms with E-state index in [1.165, 1.54) is 0 Å². The van der Waals surface area contributed by atoms with Crippen LogP contribution in [-0.2, 0) is 11.3 Å². The fourth-order valence-corrected chi connectivity index (χ4v) is 2.70. The van der Waals surface area contributed by atoms with E-state index in [2.05, 4.69) is 13.5 Å². The van der Waals surface area contributed by atoms with Gasteiger partial charge in [-0.3, -0.25) is 0 Å².